The smallest absolute Gasteiger partial charge is 0.0632 e. The molecule has 0 bridgehead atoms. The number of thioether (sulfide) groups is 1. The molecular weight excluding hydrogens is 258 g/mol. The lowest BCUT2D eigenvalue weighted by Crippen LogP contribution is -2.25. The first-order valence-corrected chi connectivity index (χ1v) is 8.21. The SMILES string of the molecule is CN1c2ccccc2SCCCC1c1cccs1. The molecule has 1 atom stereocenters. The highest BCUT2D eigenvalue weighted by Crippen LogP contribution is 2.40. The van der Waals surface area contributed by atoms with E-state index in [-0.39, 0.29) is 0 Å². The van der Waals surface area contributed by atoms with E-state index in [4.69, 9.17) is 0 Å². The molecule has 0 spiro atoms. The Labute approximate surface area is 117 Å². The molecule has 1 aliphatic heterocycles. The van der Waals surface area contributed by atoms with Gasteiger partial charge in [0.05, 0.1) is 11.7 Å². The second-order valence-electron chi connectivity index (χ2n) is 4.60. The molecule has 0 radical (unpaired) electrons. The molecule has 1 aliphatic rings. The van der Waals surface area contributed by atoms with E-state index in [0.29, 0.717) is 6.04 Å². The van der Waals surface area contributed by atoms with E-state index in [0.717, 1.165) is 0 Å². The average Bonchev–Trinajstić information content (AvgIpc) is 2.90. The van der Waals surface area contributed by atoms with Crippen LogP contribution in [0.5, 0.6) is 0 Å². The molecule has 94 valence electrons. The second kappa shape index (κ2) is 5.37. The van der Waals surface area contributed by atoms with Crippen LogP contribution in [0, 0.1) is 0 Å². The molecule has 3 heteroatoms. The van der Waals surface area contributed by atoms with Crippen LogP contribution in [0.1, 0.15) is 23.8 Å². The second-order valence-corrected chi connectivity index (χ2v) is 6.72. The minimum absolute atomic E-state index is 0.534. The molecule has 0 saturated heterocycles. The van der Waals surface area contributed by atoms with Gasteiger partial charge in [0.25, 0.3) is 0 Å². The van der Waals surface area contributed by atoms with Crippen LogP contribution in [-0.2, 0) is 0 Å². The Morgan fingerprint density at radius 3 is 2.89 bits per heavy atom. The fourth-order valence-electron chi connectivity index (χ4n) is 2.50. The highest BCUT2D eigenvalue weighted by Gasteiger charge is 2.22. The number of nitrogens with zero attached hydrogens (tertiary/aromatic N) is 1. The van der Waals surface area contributed by atoms with Crippen molar-refractivity contribution in [2.45, 2.75) is 23.8 Å². The molecule has 2 aromatic rings. The van der Waals surface area contributed by atoms with Crippen molar-refractivity contribution in [3.8, 4) is 0 Å². The highest BCUT2D eigenvalue weighted by molar-refractivity contribution is 7.99. The molecule has 2 heterocycles. The van der Waals surface area contributed by atoms with Gasteiger partial charge in [0.15, 0.2) is 0 Å². The van der Waals surface area contributed by atoms with Crippen LogP contribution in [0.25, 0.3) is 0 Å². The van der Waals surface area contributed by atoms with Crippen LogP contribution >= 0.6 is 23.1 Å². The van der Waals surface area contributed by atoms with Crippen molar-refractivity contribution in [1.29, 1.82) is 0 Å². The standard InChI is InChI=1S/C15H17NS2/c1-16-12-6-2-3-8-14(12)17-10-4-7-13(16)15-9-5-11-18-15/h2-3,5-6,8-9,11,13H,4,7,10H2,1H3. The fourth-order valence-corrected chi connectivity index (χ4v) is 4.48. The third-order valence-electron chi connectivity index (χ3n) is 3.46. The van der Waals surface area contributed by atoms with Gasteiger partial charge in [0, 0.05) is 16.8 Å². The largest absolute Gasteiger partial charge is 0.366 e. The number of para-hydroxylation sites is 1. The Hall–Kier alpha value is -0.930. The van der Waals surface area contributed by atoms with E-state index < -0.39 is 0 Å². The Morgan fingerprint density at radius 2 is 2.06 bits per heavy atom. The Balaban J connectivity index is 1.99. The van der Waals surface area contributed by atoms with Crippen LogP contribution < -0.4 is 4.90 Å². The van der Waals surface area contributed by atoms with Crippen molar-refractivity contribution in [2.75, 3.05) is 17.7 Å². The molecule has 18 heavy (non-hydrogen) atoms. The monoisotopic (exact) mass is 275 g/mol. The predicted octanol–water partition coefficient (Wildman–Crippen LogP) is 4.81. The maximum atomic E-state index is 2.45. The first kappa shape index (κ1) is 12.1. The highest BCUT2D eigenvalue weighted by atomic mass is 32.2. The zero-order chi connectivity index (χ0) is 12.4. The van der Waals surface area contributed by atoms with Crippen molar-refractivity contribution in [3.63, 3.8) is 0 Å². The molecule has 1 unspecified atom stereocenters. The topological polar surface area (TPSA) is 3.24 Å². The van der Waals surface area contributed by atoms with Crippen LogP contribution in [0.2, 0.25) is 0 Å². The summed E-state index contributed by atoms with van der Waals surface area (Å²) >= 11 is 3.86. The number of hydrogen-bond acceptors (Lipinski definition) is 3. The van der Waals surface area contributed by atoms with Gasteiger partial charge in [-0.25, -0.2) is 0 Å². The molecule has 0 amide bonds. The van der Waals surface area contributed by atoms with E-state index in [9.17, 15) is 0 Å². The Kier molecular flexibility index (Phi) is 3.62. The van der Waals surface area contributed by atoms with Gasteiger partial charge in [0.2, 0.25) is 0 Å². The summed E-state index contributed by atoms with van der Waals surface area (Å²) in [5, 5.41) is 2.18. The molecule has 3 rings (SSSR count). The maximum absolute atomic E-state index is 2.45. The van der Waals surface area contributed by atoms with Gasteiger partial charge in [0.1, 0.15) is 0 Å². The number of rotatable bonds is 1. The predicted molar refractivity (Wildman–Crippen MR) is 81.9 cm³/mol. The number of anilines is 1. The fraction of sp³-hybridized carbons (Fsp3) is 0.333. The normalized spacial score (nSPS) is 20.1. The molecule has 0 fully saturated rings. The first-order valence-electron chi connectivity index (χ1n) is 6.34. The van der Waals surface area contributed by atoms with Crippen molar-refractivity contribution >= 4 is 28.8 Å². The van der Waals surface area contributed by atoms with Crippen molar-refractivity contribution in [1.82, 2.24) is 0 Å². The molecule has 1 aromatic carbocycles. The van der Waals surface area contributed by atoms with Crippen LogP contribution in [0.15, 0.2) is 46.7 Å². The van der Waals surface area contributed by atoms with Gasteiger partial charge >= 0.3 is 0 Å². The molecule has 1 aromatic heterocycles. The van der Waals surface area contributed by atoms with Crippen LogP contribution in [0.4, 0.5) is 5.69 Å². The summed E-state index contributed by atoms with van der Waals surface area (Å²) in [6.45, 7) is 0. The van der Waals surface area contributed by atoms with Crippen molar-refractivity contribution in [2.24, 2.45) is 0 Å². The van der Waals surface area contributed by atoms with Crippen molar-refractivity contribution < 1.29 is 0 Å². The first-order chi connectivity index (χ1) is 8.86. The number of thiophene rings is 1. The van der Waals surface area contributed by atoms with Gasteiger partial charge in [-0.3, -0.25) is 0 Å². The number of benzene rings is 1. The quantitative estimate of drug-likeness (QED) is 0.734. The van der Waals surface area contributed by atoms with Gasteiger partial charge in [-0.2, -0.15) is 0 Å². The summed E-state index contributed by atoms with van der Waals surface area (Å²) in [6.07, 6.45) is 2.53. The lowest BCUT2D eigenvalue weighted by molar-refractivity contribution is 0.607. The summed E-state index contributed by atoms with van der Waals surface area (Å²) in [6, 6.07) is 13.7. The van der Waals surface area contributed by atoms with E-state index in [1.165, 1.54) is 34.1 Å². The summed E-state index contributed by atoms with van der Waals surface area (Å²) in [5.74, 6) is 1.23. The average molecular weight is 275 g/mol. The Morgan fingerprint density at radius 1 is 1.17 bits per heavy atom. The van der Waals surface area contributed by atoms with Gasteiger partial charge in [-0.15, -0.1) is 23.1 Å². The van der Waals surface area contributed by atoms with Crippen molar-refractivity contribution in [3.05, 3.63) is 46.7 Å². The molecule has 0 N–H and O–H groups in total. The lowest BCUT2D eigenvalue weighted by atomic mass is 10.1. The third-order valence-corrected chi connectivity index (χ3v) is 5.59. The zero-order valence-corrected chi connectivity index (χ0v) is 12.1. The van der Waals surface area contributed by atoms with E-state index in [1.54, 1.807) is 0 Å². The van der Waals surface area contributed by atoms with E-state index in [1.807, 2.05) is 23.1 Å². The van der Waals surface area contributed by atoms with Crippen LogP contribution in [-0.4, -0.2) is 12.8 Å². The summed E-state index contributed by atoms with van der Waals surface area (Å²) < 4.78 is 0. The Bertz CT molecular complexity index is 507. The summed E-state index contributed by atoms with van der Waals surface area (Å²) in [7, 11) is 2.23. The third kappa shape index (κ3) is 2.29. The molecule has 1 nitrogen and oxygen atoms in total. The molecule has 0 aliphatic carbocycles. The maximum Gasteiger partial charge on any atom is 0.0632 e. The van der Waals surface area contributed by atoms with Gasteiger partial charge in [-0.1, -0.05) is 18.2 Å². The van der Waals surface area contributed by atoms with E-state index in [2.05, 4.69) is 53.7 Å². The number of fused-ring (bicyclic) bond motifs is 1. The van der Waals surface area contributed by atoms with Gasteiger partial charge < -0.3 is 4.90 Å². The molecule has 0 saturated carbocycles. The van der Waals surface area contributed by atoms with E-state index >= 15 is 0 Å². The minimum Gasteiger partial charge on any atom is -0.366 e. The molecular formula is C15H17NS2. The zero-order valence-electron chi connectivity index (χ0n) is 10.5. The van der Waals surface area contributed by atoms with Gasteiger partial charge in [-0.05, 0) is 42.2 Å². The summed E-state index contributed by atoms with van der Waals surface area (Å²) in [4.78, 5) is 5.35. The minimum atomic E-state index is 0.534. The lowest BCUT2D eigenvalue weighted by Gasteiger charge is -2.32. The summed E-state index contributed by atoms with van der Waals surface area (Å²) in [5.41, 5.74) is 1.38. The number of hydrogen-bond donors (Lipinski definition) is 0. The van der Waals surface area contributed by atoms with Crippen LogP contribution in [0.3, 0.4) is 0 Å².